The minimum atomic E-state index is -2.03. The Bertz CT molecular complexity index is 813. The highest BCUT2D eigenvalue weighted by atomic mass is 28.4. The van der Waals surface area contributed by atoms with Crippen LogP contribution in [0.2, 0.25) is 26.2 Å². The molecule has 0 atom stereocenters. The molecular weight excluding hydrogens is 436 g/mol. The second kappa shape index (κ2) is 11.5. The molecule has 0 aliphatic carbocycles. The summed E-state index contributed by atoms with van der Waals surface area (Å²) in [5, 5.41) is 2.81. The van der Waals surface area contributed by atoms with E-state index < -0.39 is 16.6 Å². The Morgan fingerprint density at radius 3 is 1.27 bits per heavy atom. The van der Waals surface area contributed by atoms with Gasteiger partial charge in [0.1, 0.15) is 0 Å². The first-order valence-corrected chi connectivity index (χ1v) is 18.5. The standard InChI is InChI=1S/C29H48O2Si2/c1-23(2)19-29(20-24(3)4,21-30-32(7,8)27-17-13-11-15-25(27)5)22-31-33(9,10)28-18-14-12-16-26(28)6/h11-18,23-24H,19-22H2,1-10H3. The lowest BCUT2D eigenvalue weighted by molar-refractivity contribution is 0.0353. The second-order valence-corrected chi connectivity index (χ2v) is 19.6. The molecule has 184 valence electrons. The molecule has 2 nitrogen and oxygen atoms in total. The van der Waals surface area contributed by atoms with Crippen LogP contribution in [0.1, 0.15) is 51.7 Å². The Hall–Kier alpha value is -1.21. The average molecular weight is 485 g/mol. The fourth-order valence-electron chi connectivity index (χ4n) is 5.41. The predicted octanol–water partition coefficient (Wildman–Crippen LogP) is 6.94. The van der Waals surface area contributed by atoms with E-state index in [2.05, 4.69) is 116 Å². The van der Waals surface area contributed by atoms with E-state index in [0.29, 0.717) is 11.8 Å². The van der Waals surface area contributed by atoms with E-state index in [4.69, 9.17) is 8.85 Å². The van der Waals surface area contributed by atoms with E-state index in [0.717, 1.165) is 26.1 Å². The smallest absolute Gasteiger partial charge is 0.218 e. The molecule has 0 radical (unpaired) electrons. The van der Waals surface area contributed by atoms with Crippen LogP contribution in [0, 0.1) is 31.1 Å². The summed E-state index contributed by atoms with van der Waals surface area (Å²) in [5.41, 5.74) is 2.72. The van der Waals surface area contributed by atoms with Crippen LogP contribution in [0.25, 0.3) is 0 Å². The number of benzene rings is 2. The van der Waals surface area contributed by atoms with Crippen LogP contribution in [-0.4, -0.2) is 29.8 Å². The third kappa shape index (κ3) is 7.92. The fourth-order valence-corrected chi connectivity index (χ4v) is 10.1. The van der Waals surface area contributed by atoms with Crippen LogP contribution in [0.4, 0.5) is 0 Å². The lowest BCUT2D eigenvalue weighted by Crippen LogP contribution is -2.52. The van der Waals surface area contributed by atoms with Crippen LogP contribution < -0.4 is 10.4 Å². The van der Waals surface area contributed by atoms with Gasteiger partial charge in [-0.25, -0.2) is 0 Å². The first-order valence-electron chi connectivity index (χ1n) is 12.7. The summed E-state index contributed by atoms with van der Waals surface area (Å²) in [4.78, 5) is 0. The van der Waals surface area contributed by atoms with Crippen LogP contribution in [0.5, 0.6) is 0 Å². The zero-order chi connectivity index (χ0) is 24.9. The van der Waals surface area contributed by atoms with E-state index in [1.807, 2.05) is 0 Å². The molecule has 33 heavy (non-hydrogen) atoms. The summed E-state index contributed by atoms with van der Waals surface area (Å²) in [5.74, 6) is 1.20. The highest BCUT2D eigenvalue weighted by Gasteiger charge is 2.39. The molecule has 4 heteroatoms. The maximum atomic E-state index is 6.93. The van der Waals surface area contributed by atoms with Crippen LogP contribution in [0.15, 0.2) is 48.5 Å². The van der Waals surface area contributed by atoms with Crippen molar-refractivity contribution < 1.29 is 8.85 Å². The molecule has 0 aromatic heterocycles. The zero-order valence-corrected chi connectivity index (χ0v) is 24.9. The molecule has 0 saturated heterocycles. The lowest BCUT2D eigenvalue weighted by atomic mass is 9.75. The zero-order valence-electron chi connectivity index (χ0n) is 22.9. The summed E-state index contributed by atoms with van der Waals surface area (Å²) in [6, 6.07) is 17.5. The molecule has 0 saturated carbocycles. The Morgan fingerprint density at radius 1 is 0.636 bits per heavy atom. The Kier molecular flexibility index (Phi) is 9.75. The molecule has 2 rings (SSSR count). The third-order valence-corrected chi connectivity index (χ3v) is 12.2. The van der Waals surface area contributed by atoms with Crippen LogP contribution >= 0.6 is 0 Å². The Morgan fingerprint density at radius 2 is 0.970 bits per heavy atom. The largest absolute Gasteiger partial charge is 0.412 e. The highest BCUT2D eigenvalue weighted by molar-refractivity contribution is 6.85. The van der Waals surface area contributed by atoms with E-state index >= 15 is 0 Å². The maximum Gasteiger partial charge on any atom is 0.218 e. The summed E-state index contributed by atoms with van der Waals surface area (Å²) < 4.78 is 13.9. The van der Waals surface area contributed by atoms with Gasteiger partial charge in [-0.1, -0.05) is 76.2 Å². The molecule has 0 aliphatic heterocycles. The van der Waals surface area contributed by atoms with Gasteiger partial charge in [0, 0.05) is 18.6 Å². The minimum absolute atomic E-state index is 0.0300. The van der Waals surface area contributed by atoms with Crippen molar-refractivity contribution >= 4 is 27.0 Å². The topological polar surface area (TPSA) is 18.5 Å². The Balaban J connectivity index is 2.31. The first-order chi connectivity index (χ1) is 15.3. The molecule has 0 amide bonds. The van der Waals surface area contributed by atoms with Gasteiger partial charge in [-0.2, -0.15) is 0 Å². The highest BCUT2D eigenvalue weighted by Crippen LogP contribution is 2.36. The summed E-state index contributed by atoms with van der Waals surface area (Å²) in [6.07, 6.45) is 2.25. The monoisotopic (exact) mass is 484 g/mol. The molecular formula is C29H48O2Si2. The van der Waals surface area contributed by atoms with Crippen molar-refractivity contribution in [3.63, 3.8) is 0 Å². The van der Waals surface area contributed by atoms with Gasteiger partial charge in [0.2, 0.25) is 16.6 Å². The van der Waals surface area contributed by atoms with E-state index in [1.54, 1.807) is 0 Å². The maximum absolute atomic E-state index is 6.93. The van der Waals surface area contributed by atoms with Gasteiger partial charge >= 0.3 is 0 Å². The molecule has 0 aliphatic rings. The third-order valence-electron chi connectivity index (χ3n) is 6.75. The van der Waals surface area contributed by atoms with Gasteiger partial charge in [-0.3, -0.25) is 0 Å². The van der Waals surface area contributed by atoms with Crippen molar-refractivity contribution in [1.29, 1.82) is 0 Å². The van der Waals surface area contributed by atoms with E-state index in [9.17, 15) is 0 Å². The molecule has 0 fully saturated rings. The predicted molar refractivity (Wildman–Crippen MR) is 150 cm³/mol. The molecule has 2 aromatic carbocycles. The van der Waals surface area contributed by atoms with Crippen LogP contribution in [0.3, 0.4) is 0 Å². The van der Waals surface area contributed by atoms with Crippen molar-refractivity contribution in [1.82, 2.24) is 0 Å². The number of rotatable bonds is 12. The number of hydrogen-bond donors (Lipinski definition) is 0. The molecule has 0 spiro atoms. The minimum Gasteiger partial charge on any atom is -0.412 e. The van der Waals surface area contributed by atoms with Gasteiger partial charge in [-0.05, 0) is 86.2 Å². The fraction of sp³-hybridized carbons (Fsp3) is 0.586. The van der Waals surface area contributed by atoms with Gasteiger partial charge in [0.05, 0.1) is 0 Å². The van der Waals surface area contributed by atoms with Gasteiger partial charge in [-0.15, -0.1) is 0 Å². The number of hydrogen-bond acceptors (Lipinski definition) is 2. The van der Waals surface area contributed by atoms with Crippen molar-refractivity contribution in [2.75, 3.05) is 13.2 Å². The van der Waals surface area contributed by atoms with Crippen molar-refractivity contribution in [3.8, 4) is 0 Å². The van der Waals surface area contributed by atoms with Gasteiger partial charge < -0.3 is 8.85 Å². The summed E-state index contributed by atoms with van der Waals surface area (Å²) in [6.45, 7) is 24.7. The quantitative estimate of drug-likeness (QED) is 0.304. The van der Waals surface area contributed by atoms with Crippen molar-refractivity contribution in [3.05, 3.63) is 59.7 Å². The van der Waals surface area contributed by atoms with Crippen molar-refractivity contribution in [2.45, 2.75) is 80.6 Å². The average Bonchev–Trinajstić information content (AvgIpc) is 2.70. The molecule has 0 bridgehead atoms. The normalized spacial score (nSPS) is 13.2. The molecule has 2 aromatic rings. The molecule has 0 N–H and O–H groups in total. The van der Waals surface area contributed by atoms with E-state index in [-0.39, 0.29) is 5.41 Å². The van der Waals surface area contributed by atoms with Gasteiger partial charge in [0.25, 0.3) is 0 Å². The first kappa shape index (κ1) is 28.0. The molecule has 0 heterocycles. The second-order valence-electron chi connectivity index (χ2n) is 11.9. The Labute approximate surface area is 206 Å². The SMILES string of the molecule is Cc1ccccc1[Si](C)(C)OCC(CO[Si](C)(C)c1ccccc1C)(CC(C)C)CC(C)C. The lowest BCUT2D eigenvalue weighted by Gasteiger charge is -2.41. The summed E-state index contributed by atoms with van der Waals surface area (Å²) in [7, 11) is -4.06. The van der Waals surface area contributed by atoms with E-state index in [1.165, 1.54) is 21.5 Å². The van der Waals surface area contributed by atoms with Gasteiger partial charge in [0.15, 0.2) is 0 Å². The number of aryl methyl sites for hydroxylation is 2. The van der Waals surface area contributed by atoms with Crippen molar-refractivity contribution in [2.24, 2.45) is 17.3 Å². The van der Waals surface area contributed by atoms with Crippen LogP contribution in [-0.2, 0) is 8.85 Å². The summed E-state index contributed by atoms with van der Waals surface area (Å²) >= 11 is 0. The molecule has 0 unspecified atom stereocenters.